The zero-order valence-corrected chi connectivity index (χ0v) is 14.9. The summed E-state index contributed by atoms with van der Waals surface area (Å²) in [6, 6.07) is 10.1. The Bertz CT molecular complexity index is 810. The Balaban J connectivity index is 1.90. The highest BCUT2D eigenvalue weighted by atomic mass is 19.1. The summed E-state index contributed by atoms with van der Waals surface area (Å²) in [4.78, 5) is 23.5. The van der Waals surface area contributed by atoms with Crippen molar-refractivity contribution >= 4 is 11.9 Å². The molecule has 2 aromatic rings. The van der Waals surface area contributed by atoms with Gasteiger partial charge in [0, 0.05) is 13.0 Å². The Morgan fingerprint density at radius 1 is 1.15 bits per heavy atom. The number of methoxy groups -OCH3 is 1. The molecule has 0 fully saturated rings. The van der Waals surface area contributed by atoms with Crippen molar-refractivity contribution in [2.24, 2.45) is 5.92 Å². The number of aryl methyl sites for hydroxylation is 1. The summed E-state index contributed by atoms with van der Waals surface area (Å²) < 4.78 is 31.9. The molecule has 7 heteroatoms. The lowest BCUT2D eigenvalue weighted by atomic mass is 9.98. The smallest absolute Gasteiger partial charge is 0.308 e. The van der Waals surface area contributed by atoms with Crippen LogP contribution in [-0.4, -0.2) is 30.6 Å². The highest BCUT2D eigenvalue weighted by molar-refractivity contribution is 5.77. The van der Waals surface area contributed by atoms with E-state index in [-0.39, 0.29) is 31.4 Å². The zero-order chi connectivity index (χ0) is 19.8. The second-order valence-corrected chi connectivity index (χ2v) is 6.09. The molecule has 0 radical (unpaired) electrons. The maximum atomic E-state index is 13.6. The van der Waals surface area contributed by atoms with Crippen LogP contribution in [0.2, 0.25) is 0 Å². The maximum Gasteiger partial charge on any atom is 0.308 e. The summed E-state index contributed by atoms with van der Waals surface area (Å²) in [5.74, 6) is -2.88. The molecule has 1 atom stereocenters. The van der Waals surface area contributed by atoms with Gasteiger partial charge < -0.3 is 15.2 Å². The molecule has 0 bridgehead atoms. The van der Waals surface area contributed by atoms with Crippen LogP contribution in [0.15, 0.2) is 42.5 Å². The molecule has 0 aliphatic rings. The molecule has 0 heterocycles. The summed E-state index contributed by atoms with van der Waals surface area (Å²) in [5, 5.41) is 12.0. The molecule has 1 amide bonds. The number of carbonyl (C=O) groups excluding carboxylic acids is 1. The van der Waals surface area contributed by atoms with Crippen LogP contribution in [-0.2, 0) is 22.4 Å². The lowest BCUT2D eigenvalue weighted by molar-refractivity contribution is -0.141. The molecule has 5 nitrogen and oxygen atoms in total. The topological polar surface area (TPSA) is 75.6 Å². The van der Waals surface area contributed by atoms with Crippen LogP contribution < -0.4 is 10.1 Å². The van der Waals surface area contributed by atoms with Gasteiger partial charge in [-0.1, -0.05) is 18.2 Å². The first-order valence-corrected chi connectivity index (χ1v) is 8.46. The van der Waals surface area contributed by atoms with Gasteiger partial charge in [0.05, 0.1) is 13.0 Å². The second-order valence-electron chi connectivity index (χ2n) is 6.09. The van der Waals surface area contributed by atoms with Crippen LogP contribution in [0.25, 0.3) is 0 Å². The average molecular weight is 377 g/mol. The fraction of sp³-hybridized carbons (Fsp3) is 0.300. The molecular formula is C20H21F2NO4. The number of hydrogen-bond acceptors (Lipinski definition) is 3. The lowest BCUT2D eigenvalue weighted by Crippen LogP contribution is -2.34. The molecule has 0 saturated heterocycles. The van der Waals surface area contributed by atoms with Gasteiger partial charge in [0.1, 0.15) is 17.4 Å². The summed E-state index contributed by atoms with van der Waals surface area (Å²) in [6.07, 6.45) is 0.152. The monoisotopic (exact) mass is 377 g/mol. The van der Waals surface area contributed by atoms with Gasteiger partial charge >= 0.3 is 5.97 Å². The Labute approximate surface area is 156 Å². The van der Waals surface area contributed by atoms with E-state index in [0.717, 1.165) is 23.8 Å². The predicted molar refractivity (Wildman–Crippen MR) is 95.5 cm³/mol. The van der Waals surface area contributed by atoms with E-state index in [2.05, 4.69) is 5.32 Å². The van der Waals surface area contributed by atoms with E-state index in [4.69, 9.17) is 4.74 Å². The Kier molecular flexibility index (Phi) is 7.28. The minimum Gasteiger partial charge on any atom is -0.496 e. The Morgan fingerprint density at radius 2 is 1.89 bits per heavy atom. The van der Waals surface area contributed by atoms with E-state index >= 15 is 0 Å². The highest BCUT2D eigenvalue weighted by Gasteiger charge is 2.20. The summed E-state index contributed by atoms with van der Waals surface area (Å²) in [6.45, 7) is -0.0716. The number of nitrogens with one attached hydrogen (secondary N) is 1. The third-order valence-electron chi connectivity index (χ3n) is 4.18. The van der Waals surface area contributed by atoms with Crippen LogP contribution in [0.5, 0.6) is 5.75 Å². The largest absolute Gasteiger partial charge is 0.496 e. The number of rotatable bonds is 9. The van der Waals surface area contributed by atoms with Gasteiger partial charge in [0.15, 0.2) is 0 Å². The van der Waals surface area contributed by atoms with E-state index in [1.54, 1.807) is 24.3 Å². The standard InChI is InChI=1S/C20H21F2NO4/c1-27-18-5-3-2-4-14(18)10-15(20(25)26)12-23-19(24)9-6-13-11-16(21)7-8-17(13)22/h2-5,7-8,11,15H,6,9-10,12H2,1H3,(H,23,24)(H,25,26). The lowest BCUT2D eigenvalue weighted by Gasteiger charge is -2.15. The third kappa shape index (κ3) is 6.06. The van der Waals surface area contributed by atoms with Crippen molar-refractivity contribution in [3.8, 4) is 5.75 Å². The van der Waals surface area contributed by atoms with Gasteiger partial charge in [-0.3, -0.25) is 9.59 Å². The van der Waals surface area contributed by atoms with E-state index in [1.165, 1.54) is 7.11 Å². The quantitative estimate of drug-likeness (QED) is 0.705. The Hall–Kier alpha value is -2.96. The number of aliphatic carboxylic acids is 1. The van der Waals surface area contributed by atoms with Gasteiger partial charge in [-0.05, 0) is 48.2 Å². The number of amides is 1. The SMILES string of the molecule is COc1ccccc1CC(CNC(=O)CCc1cc(F)ccc1F)C(=O)O. The summed E-state index contributed by atoms with van der Waals surface area (Å²) in [7, 11) is 1.50. The molecule has 0 aromatic heterocycles. The molecule has 0 aliphatic carbocycles. The number of benzene rings is 2. The molecule has 0 aliphatic heterocycles. The molecule has 0 saturated carbocycles. The number of carbonyl (C=O) groups is 2. The molecule has 2 rings (SSSR count). The number of hydrogen-bond donors (Lipinski definition) is 2. The molecule has 2 N–H and O–H groups in total. The van der Waals surface area contributed by atoms with Gasteiger partial charge in [0.2, 0.25) is 5.91 Å². The minimum absolute atomic E-state index is 0.0275. The van der Waals surface area contributed by atoms with Crippen molar-refractivity contribution in [1.29, 1.82) is 0 Å². The number of carboxylic acid groups (broad SMARTS) is 1. The third-order valence-corrected chi connectivity index (χ3v) is 4.18. The average Bonchev–Trinajstić information content (AvgIpc) is 2.65. The fourth-order valence-electron chi connectivity index (χ4n) is 2.69. The van der Waals surface area contributed by atoms with Gasteiger partial charge in [-0.25, -0.2) is 8.78 Å². The fourth-order valence-corrected chi connectivity index (χ4v) is 2.69. The van der Waals surface area contributed by atoms with Crippen LogP contribution in [0.1, 0.15) is 17.5 Å². The van der Waals surface area contributed by atoms with E-state index in [0.29, 0.717) is 5.75 Å². The first kappa shape index (κ1) is 20.4. The van der Waals surface area contributed by atoms with Crippen molar-refractivity contribution in [2.45, 2.75) is 19.3 Å². The predicted octanol–water partition coefficient (Wildman–Crippen LogP) is 2.97. The molecule has 1 unspecified atom stereocenters. The normalized spacial score (nSPS) is 11.7. The molecular weight excluding hydrogens is 356 g/mol. The van der Waals surface area contributed by atoms with Crippen LogP contribution in [0, 0.1) is 17.6 Å². The van der Waals surface area contributed by atoms with Crippen LogP contribution in [0.3, 0.4) is 0 Å². The highest BCUT2D eigenvalue weighted by Crippen LogP contribution is 2.21. The van der Waals surface area contributed by atoms with E-state index < -0.39 is 29.4 Å². The molecule has 2 aromatic carbocycles. The van der Waals surface area contributed by atoms with Gasteiger partial charge in [0.25, 0.3) is 0 Å². The van der Waals surface area contributed by atoms with Crippen molar-refractivity contribution in [3.05, 3.63) is 65.2 Å². The Morgan fingerprint density at radius 3 is 2.59 bits per heavy atom. The summed E-state index contributed by atoms with van der Waals surface area (Å²) in [5.41, 5.74) is 0.831. The van der Waals surface area contributed by atoms with Crippen molar-refractivity contribution < 1.29 is 28.2 Å². The van der Waals surface area contributed by atoms with Crippen LogP contribution >= 0.6 is 0 Å². The molecule has 144 valence electrons. The number of para-hydroxylation sites is 1. The molecule has 0 spiro atoms. The second kappa shape index (κ2) is 9.66. The first-order chi connectivity index (χ1) is 12.9. The summed E-state index contributed by atoms with van der Waals surface area (Å²) >= 11 is 0. The van der Waals surface area contributed by atoms with E-state index in [1.807, 2.05) is 0 Å². The van der Waals surface area contributed by atoms with Crippen LogP contribution in [0.4, 0.5) is 8.78 Å². The number of carboxylic acids is 1. The zero-order valence-electron chi connectivity index (χ0n) is 14.9. The van der Waals surface area contributed by atoms with Gasteiger partial charge in [-0.2, -0.15) is 0 Å². The van der Waals surface area contributed by atoms with Crippen molar-refractivity contribution in [2.75, 3.05) is 13.7 Å². The van der Waals surface area contributed by atoms with Crippen molar-refractivity contribution in [1.82, 2.24) is 5.32 Å². The maximum absolute atomic E-state index is 13.6. The number of halogens is 2. The molecule has 27 heavy (non-hydrogen) atoms. The van der Waals surface area contributed by atoms with E-state index in [9.17, 15) is 23.5 Å². The van der Waals surface area contributed by atoms with Crippen molar-refractivity contribution in [3.63, 3.8) is 0 Å². The first-order valence-electron chi connectivity index (χ1n) is 8.46. The minimum atomic E-state index is -1.04. The number of ether oxygens (including phenoxy) is 1. The van der Waals surface area contributed by atoms with Gasteiger partial charge in [-0.15, -0.1) is 0 Å².